The van der Waals surface area contributed by atoms with E-state index in [1.807, 2.05) is 26.2 Å². The number of allylic oxidation sites excluding steroid dienone is 2. The van der Waals surface area contributed by atoms with Crippen molar-refractivity contribution in [2.24, 2.45) is 5.92 Å². The zero-order chi connectivity index (χ0) is 21.0. The molecule has 0 aromatic heterocycles. The maximum atomic E-state index is 11.8. The monoisotopic (exact) mass is 399 g/mol. The van der Waals surface area contributed by atoms with Crippen LogP contribution in [0.3, 0.4) is 0 Å². The molecule has 0 heterocycles. The summed E-state index contributed by atoms with van der Waals surface area (Å²) in [6, 6.07) is 0. The number of aliphatic carboxylic acids is 1. The Hall–Kier alpha value is -1.40. The highest BCUT2D eigenvalue weighted by atomic mass is 16.6. The van der Waals surface area contributed by atoms with Crippen molar-refractivity contribution in [3.8, 4) is 0 Å². The van der Waals surface area contributed by atoms with Gasteiger partial charge in [-0.25, -0.2) is 0 Å². The van der Waals surface area contributed by atoms with Gasteiger partial charge in [-0.15, -0.1) is 0 Å². The van der Waals surface area contributed by atoms with Crippen molar-refractivity contribution in [2.75, 3.05) is 40.5 Å². The number of carbonyl (C=O) groups is 2. The third-order valence-corrected chi connectivity index (χ3v) is 4.55. The van der Waals surface area contributed by atoms with Gasteiger partial charge in [-0.1, -0.05) is 57.6 Å². The van der Waals surface area contributed by atoms with Crippen LogP contribution in [0, 0.1) is 5.92 Å². The zero-order valence-electron chi connectivity index (χ0n) is 18.2. The van der Waals surface area contributed by atoms with Gasteiger partial charge < -0.3 is 24.3 Å². The Kier molecular flexibility index (Phi) is 18.0. The third-order valence-electron chi connectivity index (χ3n) is 4.55. The van der Waals surface area contributed by atoms with Crippen molar-refractivity contribution in [3.63, 3.8) is 0 Å². The molecule has 1 unspecified atom stereocenters. The van der Waals surface area contributed by atoms with Crippen LogP contribution in [0.15, 0.2) is 12.2 Å². The summed E-state index contributed by atoms with van der Waals surface area (Å²) in [4.78, 5) is 24.3. The van der Waals surface area contributed by atoms with Crippen molar-refractivity contribution in [3.05, 3.63) is 12.2 Å². The van der Waals surface area contributed by atoms with E-state index >= 15 is 0 Å². The van der Waals surface area contributed by atoms with Gasteiger partial charge in [0.1, 0.15) is 13.2 Å². The number of nitrogens with one attached hydrogen (secondary N) is 1. The molecule has 0 saturated heterocycles. The van der Waals surface area contributed by atoms with Gasteiger partial charge in [0.25, 0.3) is 0 Å². The highest BCUT2D eigenvalue weighted by Crippen LogP contribution is 2.12. The smallest absolute Gasteiger partial charge is 0.306 e. The molecule has 0 aliphatic rings. The topological polar surface area (TPSA) is 80.1 Å². The molecule has 0 rings (SSSR count). The first-order chi connectivity index (χ1) is 13.5. The first kappa shape index (κ1) is 26.6. The molecule has 0 aliphatic heterocycles. The molecule has 0 aromatic rings. The van der Waals surface area contributed by atoms with E-state index in [0.29, 0.717) is 19.6 Å². The lowest BCUT2D eigenvalue weighted by molar-refractivity contribution is -0.858. The molecule has 0 aliphatic carbocycles. The van der Waals surface area contributed by atoms with E-state index in [2.05, 4.69) is 6.92 Å². The summed E-state index contributed by atoms with van der Waals surface area (Å²) >= 11 is 0. The second-order valence-electron chi connectivity index (χ2n) is 7.63. The van der Waals surface area contributed by atoms with E-state index in [-0.39, 0.29) is 13.0 Å². The number of hydrogen-bond donors (Lipinski definition) is 1. The van der Waals surface area contributed by atoms with Crippen molar-refractivity contribution >= 4 is 11.9 Å². The van der Waals surface area contributed by atoms with Crippen LogP contribution in [0.25, 0.3) is 0 Å². The summed E-state index contributed by atoms with van der Waals surface area (Å²) < 4.78 is 10.4. The van der Waals surface area contributed by atoms with Gasteiger partial charge in [0, 0.05) is 11.9 Å². The molecule has 28 heavy (non-hydrogen) atoms. The highest BCUT2D eigenvalue weighted by Gasteiger charge is 2.15. The lowest BCUT2D eigenvalue weighted by Gasteiger charge is -2.15. The Balaban J connectivity index is 3.81. The van der Waals surface area contributed by atoms with E-state index in [1.165, 1.54) is 43.4 Å². The molecule has 6 heteroatoms. The molecule has 6 nitrogen and oxygen atoms in total. The number of ether oxygens (including phenoxy) is 2. The largest absolute Gasteiger partial charge is 0.550 e. The molecule has 0 radical (unpaired) electrons. The maximum absolute atomic E-state index is 11.8. The number of esters is 1. The SMILES string of the molecule is CCCCCCCCC/C=C/CC(CC(=O)OCCOCC[NH+](C)C)C(=O)[O-]. The molecule has 0 amide bonds. The van der Waals surface area contributed by atoms with Gasteiger partial charge >= 0.3 is 5.97 Å². The van der Waals surface area contributed by atoms with Gasteiger partial charge in [-0.2, -0.15) is 0 Å². The van der Waals surface area contributed by atoms with Crippen LogP contribution in [0.2, 0.25) is 0 Å². The van der Waals surface area contributed by atoms with E-state index < -0.39 is 17.9 Å². The van der Waals surface area contributed by atoms with Crippen LogP contribution in [-0.2, 0) is 19.1 Å². The van der Waals surface area contributed by atoms with Gasteiger partial charge in [0.05, 0.1) is 33.7 Å². The summed E-state index contributed by atoms with van der Waals surface area (Å²) in [6.45, 7) is 4.17. The van der Waals surface area contributed by atoms with E-state index in [0.717, 1.165) is 19.4 Å². The highest BCUT2D eigenvalue weighted by molar-refractivity contribution is 5.77. The number of carboxylic acids is 1. The maximum Gasteiger partial charge on any atom is 0.306 e. The summed E-state index contributed by atoms with van der Waals surface area (Å²) in [6.07, 6.45) is 13.7. The van der Waals surface area contributed by atoms with Crippen molar-refractivity contribution in [1.82, 2.24) is 0 Å². The number of rotatable bonds is 19. The van der Waals surface area contributed by atoms with Crippen molar-refractivity contribution < 1.29 is 29.1 Å². The molecule has 0 saturated carbocycles. The van der Waals surface area contributed by atoms with Crippen LogP contribution < -0.4 is 10.0 Å². The number of carboxylic acid groups (broad SMARTS) is 1. The fourth-order valence-corrected chi connectivity index (χ4v) is 2.71. The van der Waals surface area contributed by atoms with Crippen LogP contribution in [0.5, 0.6) is 0 Å². The molecule has 1 N–H and O–H groups in total. The minimum absolute atomic E-state index is 0.148. The summed E-state index contributed by atoms with van der Waals surface area (Å²) in [5.74, 6) is -2.56. The van der Waals surface area contributed by atoms with Crippen LogP contribution in [0.1, 0.15) is 71.1 Å². The van der Waals surface area contributed by atoms with E-state index in [9.17, 15) is 14.7 Å². The Morgan fingerprint density at radius 2 is 1.64 bits per heavy atom. The Morgan fingerprint density at radius 3 is 2.29 bits per heavy atom. The van der Waals surface area contributed by atoms with Crippen molar-refractivity contribution in [2.45, 2.75) is 71.1 Å². The number of carbonyl (C=O) groups excluding carboxylic acids is 2. The Bertz CT molecular complexity index is 423. The number of likely N-dealkylation sites (N-methyl/N-ethyl adjacent to an activating group) is 1. The second-order valence-corrected chi connectivity index (χ2v) is 7.63. The molecular formula is C22H41NO5. The Morgan fingerprint density at radius 1 is 0.964 bits per heavy atom. The molecule has 1 atom stereocenters. The standard InChI is InChI=1S/C22H41NO5/c1-4-5-6-7-8-9-10-11-12-13-14-20(22(25)26)19-21(24)28-18-17-27-16-15-23(2)3/h12-13,20H,4-11,14-19H2,1-3H3,(H,25,26)/b13-12+. The molecule has 0 bridgehead atoms. The average Bonchev–Trinajstić information content (AvgIpc) is 2.64. The number of quaternary nitrogens is 1. The van der Waals surface area contributed by atoms with Gasteiger partial charge in [-0.05, 0) is 19.3 Å². The van der Waals surface area contributed by atoms with E-state index in [1.54, 1.807) is 0 Å². The molecular weight excluding hydrogens is 358 g/mol. The van der Waals surface area contributed by atoms with Gasteiger partial charge in [0.15, 0.2) is 0 Å². The number of hydrogen-bond acceptors (Lipinski definition) is 5. The lowest BCUT2D eigenvalue weighted by Crippen LogP contribution is -3.06. The minimum atomic E-state index is -1.21. The quantitative estimate of drug-likeness (QED) is 0.202. The van der Waals surface area contributed by atoms with Crippen LogP contribution in [-0.4, -0.2) is 52.4 Å². The molecule has 0 fully saturated rings. The van der Waals surface area contributed by atoms with Crippen LogP contribution in [0.4, 0.5) is 0 Å². The zero-order valence-corrected chi connectivity index (χ0v) is 18.2. The first-order valence-corrected chi connectivity index (χ1v) is 10.9. The minimum Gasteiger partial charge on any atom is -0.550 e. The predicted molar refractivity (Wildman–Crippen MR) is 109 cm³/mol. The van der Waals surface area contributed by atoms with Gasteiger partial charge in [-0.3, -0.25) is 4.79 Å². The fraction of sp³-hybridized carbons (Fsp3) is 0.818. The summed E-state index contributed by atoms with van der Waals surface area (Å²) in [5.41, 5.74) is 0. The van der Waals surface area contributed by atoms with Crippen LogP contribution >= 0.6 is 0 Å². The third kappa shape index (κ3) is 18.0. The first-order valence-electron chi connectivity index (χ1n) is 10.9. The lowest BCUT2D eigenvalue weighted by atomic mass is 10.0. The number of unbranched alkanes of at least 4 members (excludes halogenated alkanes) is 7. The summed E-state index contributed by atoms with van der Waals surface area (Å²) in [7, 11) is 4.07. The average molecular weight is 400 g/mol. The van der Waals surface area contributed by atoms with Crippen molar-refractivity contribution in [1.29, 1.82) is 0 Å². The van der Waals surface area contributed by atoms with Gasteiger partial charge in [0.2, 0.25) is 0 Å². The molecule has 0 aromatic carbocycles. The Labute approximate surface area is 171 Å². The molecule has 0 spiro atoms. The molecule has 164 valence electrons. The summed E-state index contributed by atoms with van der Waals surface area (Å²) in [5, 5.41) is 11.2. The fourth-order valence-electron chi connectivity index (χ4n) is 2.71. The second kappa shape index (κ2) is 18.9. The normalized spacial score (nSPS) is 12.6. The predicted octanol–water partition coefficient (Wildman–Crippen LogP) is 1.53. The van der Waals surface area contributed by atoms with E-state index in [4.69, 9.17) is 9.47 Å².